The lowest BCUT2D eigenvalue weighted by Gasteiger charge is -2.41. The first-order chi connectivity index (χ1) is 4.43. The number of carbonyl (C=O) groups excluding carboxylic acids is 1. The first-order valence-corrected chi connectivity index (χ1v) is 3.12. The second-order valence-corrected chi connectivity index (χ2v) is 3.28. The Labute approximate surface area is 59.7 Å². The Morgan fingerprint density at radius 3 is 2.10 bits per heavy atom. The third-order valence-electron chi connectivity index (χ3n) is 1.32. The van der Waals surface area contributed by atoms with Crippen LogP contribution in [0.2, 0.25) is 0 Å². The van der Waals surface area contributed by atoms with E-state index >= 15 is 0 Å². The molecule has 0 aromatic heterocycles. The predicted octanol–water partition coefficient (Wildman–Crippen LogP) is 0.745. The van der Waals surface area contributed by atoms with Gasteiger partial charge in [-0.05, 0) is 20.8 Å². The maximum atomic E-state index is 10.8. The number of nitrogens with zero attached hydrogens (tertiary/aromatic N) is 1. The summed E-state index contributed by atoms with van der Waals surface area (Å²) in [5.74, 6) is 0.192. The fourth-order valence-corrected chi connectivity index (χ4v) is 0.902. The van der Waals surface area contributed by atoms with Gasteiger partial charge in [0.25, 0.3) is 0 Å². The van der Waals surface area contributed by atoms with E-state index in [1.807, 2.05) is 20.8 Å². The lowest BCUT2D eigenvalue weighted by molar-refractivity contribution is 0.172. The van der Waals surface area contributed by atoms with Crippen LogP contribution in [-0.4, -0.2) is 22.4 Å². The average Bonchev–Trinajstić information content (AvgIpc) is 1.58. The molecule has 0 aromatic carbocycles. The van der Waals surface area contributed by atoms with E-state index in [1.54, 1.807) is 0 Å². The highest BCUT2D eigenvalue weighted by Crippen LogP contribution is 2.17. The minimum absolute atomic E-state index is 0.183. The molecule has 1 rings (SSSR count). The maximum absolute atomic E-state index is 10.8. The molecule has 0 aromatic rings. The number of hydrogen-bond acceptors (Lipinski definition) is 2. The molecule has 0 atom stereocenters. The Morgan fingerprint density at radius 2 is 2.00 bits per heavy atom. The molecule has 0 spiro atoms. The molecule has 1 aliphatic heterocycles. The minimum Gasteiger partial charge on any atom is -0.277 e. The number of carbonyl (C=O) groups is 1. The van der Waals surface area contributed by atoms with Gasteiger partial charge < -0.3 is 0 Å². The summed E-state index contributed by atoms with van der Waals surface area (Å²) in [6.07, 6.45) is 0. The second-order valence-electron chi connectivity index (χ2n) is 3.28. The highest BCUT2D eigenvalue weighted by atomic mass is 16.2. The molecule has 10 heavy (non-hydrogen) atoms. The Morgan fingerprint density at radius 1 is 1.50 bits per heavy atom. The molecular weight excluding hydrogens is 130 g/mol. The first kappa shape index (κ1) is 7.05. The van der Waals surface area contributed by atoms with Gasteiger partial charge in [-0.2, -0.15) is 0 Å². The van der Waals surface area contributed by atoms with Gasteiger partial charge in [-0.3, -0.25) is 15.6 Å². The fraction of sp³-hybridized carbons (Fsp3) is 0.667. The van der Waals surface area contributed by atoms with Crippen LogP contribution in [0.3, 0.4) is 0 Å². The van der Waals surface area contributed by atoms with Gasteiger partial charge in [0.1, 0.15) is 0 Å². The van der Waals surface area contributed by atoms with Gasteiger partial charge in [0, 0.05) is 5.54 Å². The molecule has 0 radical (unpaired) electrons. The molecule has 56 valence electrons. The van der Waals surface area contributed by atoms with E-state index in [-0.39, 0.29) is 17.5 Å². The van der Waals surface area contributed by atoms with Gasteiger partial charge in [-0.25, -0.2) is 4.79 Å². The van der Waals surface area contributed by atoms with E-state index in [2.05, 4.69) is 5.32 Å². The van der Waals surface area contributed by atoms with Crippen LogP contribution in [0.1, 0.15) is 20.8 Å². The molecule has 4 nitrogen and oxygen atoms in total. The zero-order chi connectivity index (χ0) is 7.94. The largest absolute Gasteiger partial charge is 0.331 e. The van der Waals surface area contributed by atoms with Crippen molar-refractivity contribution in [1.29, 1.82) is 5.41 Å². The lowest BCUT2D eigenvalue weighted by Crippen LogP contribution is -2.68. The summed E-state index contributed by atoms with van der Waals surface area (Å²) >= 11 is 0. The molecular formula is C6H11N3O. The van der Waals surface area contributed by atoms with Gasteiger partial charge in [0.05, 0.1) is 0 Å². The van der Waals surface area contributed by atoms with Crippen LogP contribution in [0.4, 0.5) is 4.79 Å². The normalized spacial score (nSPS) is 18.5. The average molecular weight is 141 g/mol. The zero-order valence-corrected chi connectivity index (χ0v) is 6.36. The number of guanidine groups is 1. The van der Waals surface area contributed by atoms with E-state index < -0.39 is 0 Å². The van der Waals surface area contributed by atoms with Crippen molar-refractivity contribution in [1.82, 2.24) is 10.2 Å². The summed E-state index contributed by atoms with van der Waals surface area (Å²) in [6.45, 7) is 5.67. The van der Waals surface area contributed by atoms with Crippen molar-refractivity contribution < 1.29 is 4.79 Å². The van der Waals surface area contributed by atoms with Gasteiger partial charge in [0.15, 0.2) is 0 Å². The van der Waals surface area contributed by atoms with Crippen molar-refractivity contribution >= 4 is 12.0 Å². The van der Waals surface area contributed by atoms with E-state index in [1.165, 1.54) is 4.90 Å². The standard InChI is InChI=1S/C6H11N3O/c1-6(2,3)9-4(7)8-5(9)10/h1-3H3,(H2,7,8,10). The fourth-order valence-electron chi connectivity index (χ4n) is 0.902. The van der Waals surface area contributed by atoms with Crippen molar-refractivity contribution in [2.24, 2.45) is 0 Å². The molecule has 0 bridgehead atoms. The summed E-state index contributed by atoms with van der Waals surface area (Å²) in [5, 5.41) is 9.50. The highest BCUT2D eigenvalue weighted by Gasteiger charge is 2.38. The number of nitrogens with one attached hydrogen (secondary N) is 2. The topological polar surface area (TPSA) is 56.2 Å². The van der Waals surface area contributed by atoms with Gasteiger partial charge >= 0.3 is 6.03 Å². The third-order valence-corrected chi connectivity index (χ3v) is 1.32. The Balaban J connectivity index is 2.73. The Bertz CT molecular complexity index is 178. The first-order valence-electron chi connectivity index (χ1n) is 3.12. The van der Waals surface area contributed by atoms with Crippen LogP contribution < -0.4 is 5.32 Å². The molecule has 1 fully saturated rings. The summed E-state index contributed by atoms with van der Waals surface area (Å²) in [6, 6.07) is -0.183. The minimum atomic E-state index is -0.264. The molecule has 1 saturated heterocycles. The maximum Gasteiger partial charge on any atom is 0.331 e. The molecule has 2 amide bonds. The van der Waals surface area contributed by atoms with Gasteiger partial charge in [0.2, 0.25) is 5.96 Å². The quantitative estimate of drug-likeness (QED) is 0.513. The molecule has 0 aliphatic carbocycles. The lowest BCUT2D eigenvalue weighted by atomic mass is 10.1. The molecule has 4 heteroatoms. The monoisotopic (exact) mass is 141 g/mol. The molecule has 1 aliphatic rings. The highest BCUT2D eigenvalue weighted by molar-refractivity contribution is 6.13. The molecule has 0 saturated carbocycles. The number of amides is 2. The van der Waals surface area contributed by atoms with E-state index in [0.717, 1.165) is 0 Å². The van der Waals surface area contributed by atoms with Crippen LogP contribution >= 0.6 is 0 Å². The van der Waals surface area contributed by atoms with Crippen LogP contribution in [-0.2, 0) is 0 Å². The van der Waals surface area contributed by atoms with Crippen molar-refractivity contribution in [2.75, 3.05) is 0 Å². The van der Waals surface area contributed by atoms with Crippen LogP contribution in [0.25, 0.3) is 0 Å². The number of hydrogen-bond donors (Lipinski definition) is 2. The third kappa shape index (κ3) is 0.853. The van der Waals surface area contributed by atoms with Crippen LogP contribution in [0.15, 0.2) is 0 Å². The Kier molecular flexibility index (Phi) is 1.21. The van der Waals surface area contributed by atoms with E-state index in [0.29, 0.717) is 0 Å². The summed E-state index contributed by atoms with van der Waals surface area (Å²) in [5.41, 5.74) is -0.264. The van der Waals surface area contributed by atoms with Crippen LogP contribution in [0.5, 0.6) is 0 Å². The summed E-state index contributed by atoms with van der Waals surface area (Å²) < 4.78 is 0. The van der Waals surface area contributed by atoms with Crippen molar-refractivity contribution in [3.8, 4) is 0 Å². The Hall–Kier alpha value is -1.06. The molecule has 1 heterocycles. The predicted molar refractivity (Wildman–Crippen MR) is 37.9 cm³/mol. The van der Waals surface area contributed by atoms with Gasteiger partial charge in [-0.1, -0.05) is 0 Å². The van der Waals surface area contributed by atoms with Crippen molar-refractivity contribution in [3.05, 3.63) is 0 Å². The van der Waals surface area contributed by atoms with Crippen molar-refractivity contribution in [2.45, 2.75) is 26.3 Å². The van der Waals surface area contributed by atoms with Gasteiger partial charge in [-0.15, -0.1) is 0 Å². The van der Waals surface area contributed by atoms with E-state index in [4.69, 9.17) is 5.41 Å². The smallest absolute Gasteiger partial charge is 0.277 e. The number of rotatable bonds is 0. The molecule has 2 N–H and O–H groups in total. The number of urea groups is 1. The SMILES string of the molecule is CC(C)(C)N1C(=N)NC1=O. The van der Waals surface area contributed by atoms with Crippen LogP contribution in [0, 0.1) is 5.41 Å². The zero-order valence-electron chi connectivity index (χ0n) is 6.36. The van der Waals surface area contributed by atoms with E-state index in [9.17, 15) is 4.79 Å². The second kappa shape index (κ2) is 1.71. The van der Waals surface area contributed by atoms with Crippen molar-refractivity contribution in [3.63, 3.8) is 0 Å². The summed E-state index contributed by atoms with van der Waals surface area (Å²) in [7, 11) is 0. The summed E-state index contributed by atoms with van der Waals surface area (Å²) in [4.78, 5) is 12.2. The molecule has 0 unspecified atom stereocenters.